The third-order valence-corrected chi connectivity index (χ3v) is 3.90. The second-order valence-electron chi connectivity index (χ2n) is 3.75. The summed E-state index contributed by atoms with van der Waals surface area (Å²) in [5.41, 5.74) is 0.262. The molecule has 19 heavy (non-hydrogen) atoms. The molecule has 2 rings (SSSR count). The second-order valence-corrected chi connectivity index (χ2v) is 5.38. The third-order valence-electron chi connectivity index (χ3n) is 2.55. The van der Waals surface area contributed by atoms with Crippen LogP contribution in [-0.4, -0.2) is 0 Å². The lowest BCUT2D eigenvalue weighted by atomic mass is 9.99. The highest BCUT2D eigenvalue weighted by atomic mass is 35.5. The molecular formula is C13H6Cl4F2. The first-order valence-electron chi connectivity index (χ1n) is 5.13. The van der Waals surface area contributed by atoms with Crippen LogP contribution in [-0.2, 0) is 0 Å². The van der Waals surface area contributed by atoms with Gasteiger partial charge in [-0.15, -0.1) is 0 Å². The van der Waals surface area contributed by atoms with Crippen molar-refractivity contribution in [3.05, 3.63) is 56.0 Å². The minimum Gasteiger partial charge on any atom is -0.205 e. The van der Waals surface area contributed by atoms with E-state index in [9.17, 15) is 8.78 Å². The molecule has 0 spiro atoms. The van der Waals surface area contributed by atoms with Gasteiger partial charge in [0, 0.05) is 16.1 Å². The van der Waals surface area contributed by atoms with Crippen LogP contribution in [0.15, 0.2) is 30.3 Å². The van der Waals surface area contributed by atoms with Gasteiger partial charge in [-0.2, -0.15) is 0 Å². The van der Waals surface area contributed by atoms with Gasteiger partial charge in [0.1, 0.15) is 0 Å². The van der Waals surface area contributed by atoms with Crippen LogP contribution in [0, 0.1) is 0 Å². The number of benzene rings is 2. The Morgan fingerprint density at radius 1 is 0.842 bits per heavy atom. The second kappa shape index (κ2) is 5.84. The zero-order valence-electron chi connectivity index (χ0n) is 9.23. The van der Waals surface area contributed by atoms with Gasteiger partial charge in [0.15, 0.2) is 0 Å². The molecule has 2 aromatic carbocycles. The van der Waals surface area contributed by atoms with E-state index in [0.29, 0.717) is 10.6 Å². The Labute approximate surface area is 128 Å². The fourth-order valence-corrected chi connectivity index (χ4v) is 2.71. The minimum atomic E-state index is -2.72. The summed E-state index contributed by atoms with van der Waals surface area (Å²) in [4.78, 5) is 0. The molecule has 0 atom stereocenters. The van der Waals surface area contributed by atoms with Crippen molar-refractivity contribution < 1.29 is 8.78 Å². The normalized spacial score (nSPS) is 11.1. The summed E-state index contributed by atoms with van der Waals surface area (Å²) in [5, 5.41) is 0.642. The van der Waals surface area contributed by atoms with Crippen molar-refractivity contribution in [2.75, 3.05) is 0 Å². The lowest BCUT2D eigenvalue weighted by Crippen LogP contribution is -1.93. The molecule has 0 saturated carbocycles. The van der Waals surface area contributed by atoms with Gasteiger partial charge in [0.05, 0.1) is 15.1 Å². The van der Waals surface area contributed by atoms with Crippen LogP contribution < -0.4 is 0 Å². The van der Waals surface area contributed by atoms with E-state index in [2.05, 4.69) is 0 Å². The molecule has 0 radical (unpaired) electrons. The Bertz CT molecular complexity index is 626. The van der Waals surface area contributed by atoms with E-state index < -0.39 is 6.43 Å². The average molecular weight is 342 g/mol. The van der Waals surface area contributed by atoms with E-state index in [0.717, 1.165) is 0 Å². The highest BCUT2D eigenvalue weighted by Crippen LogP contribution is 2.42. The summed E-state index contributed by atoms with van der Waals surface area (Å²) in [6.45, 7) is 0. The predicted octanol–water partition coefficient (Wildman–Crippen LogP) is 6.90. The largest absolute Gasteiger partial charge is 0.265 e. The maximum atomic E-state index is 13.1. The van der Waals surface area contributed by atoms with E-state index >= 15 is 0 Å². The van der Waals surface area contributed by atoms with E-state index in [1.807, 2.05) is 0 Å². The topological polar surface area (TPSA) is 0 Å². The molecule has 0 bridgehead atoms. The maximum Gasteiger partial charge on any atom is 0.265 e. The Morgan fingerprint density at radius 2 is 1.53 bits per heavy atom. The fraction of sp³-hybridized carbons (Fsp3) is 0.0769. The first-order chi connectivity index (χ1) is 8.91. The smallest absolute Gasteiger partial charge is 0.205 e. The van der Waals surface area contributed by atoms with Crippen molar-refractivity contribution >= 4 is 46.4 Å². The fourth-order valence-electron chi connectivity index (χ4n) is 1.75. The number of halogens is 6. The van der Waals surface area contributed by atoms with Gasteiger partial charge in [-0.3, -0.25) is 0 Å². The van der Waals surface area contributed by atoms with Crippen molar-refractivity contribution in [2.45, 2.75) is 6.43 Å². The molecule has 0 amide bonds. The SMILES string of the molecule is FC(F)c1c(Cl)cccc1-c1cc(Cl)cc(Cl)c1Cl. The van der Waals surface area contributed by atoms with Crippen LogP contribution >= 0.6 is 46.4 Å². The third kappa shape index (κ3) is 2.97. The summed E-state index contributed by atoms with van der Waals surface area (Å²) in [6, 6.07) is 7.39. The molecular weight excluding hydrogens is 336 g/mol. The quantitative estimate of drug-likeness (QED) is 0.521. The Hall–Kier alpha value is -0.540. The van der Waals surface area contributed by atoms with Crippen LogP contribution in [0.2, 0.25) is 20.1 Å². The number of alkyl halides is 2. The zero-order valence-corrected chi connectivity index (χ0v) is 12.3. The zero-order chi connectivity index (χ0) is 14.2. The van der Waals surface area contributed by atoms with Crippen molar-refractivity contribution in [3.63, 3.8) is 0 Å². The van der Waals surface area contributed by atoms with Crippen LogP contribution in [0.4, 0.5) is 8.78 Å². The van der Waals surface area contributed by atoms with Gasteiger partial charge in [0.2, 0.25) is 0 Å². The van der Waals surface area contributed by atoms with Crippen molar-refractivity contribution in [1.29, 1.82) is 0 Å². The lowest BCUT2D eigenvalue weighted by molar-refractivity contribution is 0.152. The van der Waals surface area contributed by atoms with E-state index in [4.69, 9.17) is 46.4 Å². The summed E-state index contributed by atoms with van der Waals surface area (Å²) < 4.78 is 26.2. The van der Waals surface area contributed by atoms with Crippen LogP contribution in [0.25, 0.3) is 11.1 Å². The molecule has 0 fully saturated rings. The Balaban J connectivity index is 2.76. The molecule has 0 N–H and O–H groups in total. The summed E-state index contributed by atoms with van der Waals surface area (Å²) >= 11 is 23.7. The molecule has 0 aliphatic heterocycles. The summed E-state index contributed by atoms with van der Waals surface area (Å²) in [6.07, 6.45) is -2.72. The molecule has 0 heterocycles. The van der Waals surface area contributed by atoms with Crippen molar-refractivity contribution in [1.82, 2.24) is 0 Å². The van der Waals surface area contributed by atoms with E-state index in [-0.39, 0.29) is 26.2 Å². The summed E-state index contributed by atoms with van der Waals surface area (Å²) in [5.74, 6) is 0. The number of hydrogen-bond donors (Lipinski definition) is 0. The van der Waals surface area contributed by atoms with Gasteiger partial charge < -0.3 is 0 Å². The highest BCUT2D eigenvalue weighted by molar-refractivity contribution is 6.45. The lowest BCUT2D eigenvalue weighted by Gasteiger charge is -2.13. The van der Waals surface area contributed by atoms with E-state index in [1.54, 1.807) is 6.07 Å². The molecule has 100 valence electrons. The number of hydrogen-bond acceptors (Lipinski definition) is 0. The van der Waals surface area contributed by atoms with Gasteiger partial charge in [-0.05, 0) is 23.8 Å². The molecule has 0 unspecified atom stereocenters. The summed E-state index contributed by atoms with van der Waals surface area (Å²) in [7, 11) is 0. The van der Waals surface area contributed by atoms with Crippen LogP contribution in [0.3, 0.4) is 0 Å². The Kier molecular flexibility index (Phi) is 4.57. The monoisotopic (exact) mass is 340 g/mol. The highest BCUT2D eigenvalue weighted by Gasteiger charge is 2.20. The first-order valence-corrected chi connectivity index (χ1v) is 6.64. The molecule has 0 nitrogen and oxygen atoms in total. The van der Waals surface area contributed by atoms with Gasteiger partial charge in [-0.25, -0.2) is 8.78 Å². The Morgan fingerprint density at radius 3 is 2.16 bits per heavy atom. The molecule has 0 aliphatic rings. The predicted molar refractivity (Wildman–Crippen MR) is 76.9 cm³/mol. The van der Waals surface area contributed by atoms with E-state index in [1.165, 1.54) is 24.3 Å². The maximum absolute atomic E-state index is 13.1. The number of rotatable bonds is 2. The van der Waals surface area contributed by atoms with Crippen molar-refractivity contribution in [2.24, 2.45) is 0 Å². The first kappa shape index (κ1) is 14.9. The standard InChI is InChI=1S/C13H6Cl4F2/c14-6-4-8(12(17)10(16)5-6)7-2-1-3-9(15)11(7)13(18)19/h1-5,13H. The molecule has 2 aromatic rings. The average Bonchev–Trinajstić information content (AvgIpc) is 2.33. The molecule has 6 heteroatoms. The minimum absolute atomic E-state index is 0.0281. The van der Waals surface area contributed by atoms with Gasteiger partial charge in [0.25, 0.3) is 6.43 Å². The molecule has 0 saturated heterocycles. The van der Waals surface area contributed by atoms with Gasteiger partial charge >= 0.3 is 0 Å². The van der Waals surface area contributed by atoms with Crippen molar-refractivity contribution in [3.8, 4) is 11.1 Å². The van der Waals surface area contributed by atoms with Crippen LogP contribution in [0.1, 0.15) is 12.0 Å². The van der Waals surface area contributed by atoms with Crippen LogP contribution in [0.5, 0.6) is 0 Å². The molecule has 0 aromatic heterocycles. The van der Waals surface area contributed by atoms with Gasteiger partial charge in [-0.1, -0.05) is 58.5 Å². The molecule has 0 aliphatic carbocycles.